The molecule has 0 fully saturated rings. The minimum Gasteiger partial charge on any atom is -0.497 e. The number of anilines is 1. The molecule has 0 unspecified atom stereocenters. The summed E-state index contributed by atoms with van der Waals surface area (Å²) in [7, 11) is 1.58. The molecule has 5 nitrogen and oxygen atoms in total. The van der Waals surface area contributed by atoms with Gasteiger partial charge in [-0.05, 0) is 12.1 Å². The zero-order chi connectivity index (χ0) is 16.0. The number of nitrogens with zero attached hydrogens (tertiary/aromatic N) is 1. The average molecular weight is 292 g/mol. The first kappa shape index (κ1) is 17.0. The zero-order valence-electron chi connectivity index (χ0n) is 13.4. The average Bonchev–Trinajstić information content (AvgIpc) is 2.41. The molecule has 0 aromatic heterocycles. The van der Waals surface area contributed by atoms with Gasteiger partial charge in [0, 0.05) is 37.2 Å². The van der Waals surface area contributed by atoms with Crippen molar-refractivity contribution in [3.8, 4) is 5.75 Å². The molecule has 21 heavy (non-hydrogen) atoms. The predicted molar refractivity (Wildman–Crippen MR) is 83.5 cm³/mol. The molecule has 1 rings (SSSR count). The fourth-order valence-corrected chi connectivity index (χ4v) is 1.79. The van der Waals surface area contributed by atoms with Crippen molar-refractivity contribution in [2.24, 2.45) is 5.41 Å². The summed E-state index contributed by atoms with van der Waals surface area (Å²) in [6.07, 6.45) is 0. The Bertz CT molecular complexity index is 506. The van der Waals surface area contributed by atoms with E-state index in [9.17, 15) is 9.59 Å². The van der Waals surface area contributed by atoms with Gasteiger partial charge in [-0.2, -0.15) is 0 Å². The third-order valence-electron chi connectivity index (χ3n) is 3.05. The number of methoxy groups -OCH3 is 1. The fourth-order valence-electron chi connectivity index (χ4n) is 1.79. The summed E-state index contributed by atoms with van der Waals surface area (Å²) in [4.78, 5) is 25.2. The highest BCUT2D eigenvalue weighted by atomic mass is 16.5. The van der Waals surface area contributed by atoms with Gasteiger partial charge in [-0.3, -0.25) is 9.59 Å². The van der Waals surface area contributed by atoms with Gasteiger partial charge in [-0.15, -0.1) is 0 Å². The Hall–Kier alpha value is -2.04. The van der Waals surface area contributed by atoms with Crippen LogP contribution in [0.4, 0.5) is 5.69 Å². The normalized spacial score (nSPS) is 10.9. The molecule has 5 heteroatoms. The molecular formula is C16H24N2O3. The van der Waals surface area contributed by atoms with Crippen LogP contribution in [0.5, 0.6) is 5.75 Å². The lowest BCUT2D eigenvalue weighted by atomic mass is 9.96. The highest BCUT2D eigenvalue weighted by molar-refractivity contribution is 5.91. The standard InChI is InChI=1S/C16H24N2O3/c1-12(19)18(10-9-17-15(20)16(2,3)4)13-7-6-8-14(11-13)21-5/h6-8,11H,9-10H2,1-5H3,(H,17,20). The van der Waals surface area contributed by atoms with Crippen molar-refractivity contribution >= 4 is 17.5 Å². The van der Waals surface area contributed by atoms with Crippen LogP contribution in [0.2, 0.25) is 0 Å². The maximum Gasteiger partial charge on any atom is 0.225 e. The van der Waals surface area contributed by atoms with Crippen LogP contribution in [-0.2, 0) is 9.59 Å². The van der Waals surface area contributed by atoms with Crippen molar-refractivity contribution < 1.29 is 14.3 Å². The summed E-state index contributed by atoms with van der Waals surface area (Å²) in [6.45, 7) is 7.90. The lowest BCUT2D eigenvalue weighted by molar-refractivity contribution is -0.128. The third kappa shape index (κ3) is 5.10. The summed E-state index contributed by atoms with van der Waals surface area (Å²) < 4.78 is 5.16. The number of benzene rings is 1. The van der Waals surface area contributed by atoms with E-state index in [1.807, 2.05) is 39.0 Å². The number of carbonyl (C=O) groups excluding carboxylic acids is 2. The maximum atomic E-state index is 11.8. The van der Waals surface area contributed by atoms with Crippen LogP contribution >= 0.6 is 0 Å². The third-order valence-corrected chi connectivity index (χ3v) is 3.05. The first-order valence-electron chi connectivity index (χ1n) is 6.96. The monoisotopic (exact) mass is 292 g/mol. The second-order valence-corrected chi connectivity index (χ2v) is 5.88. The molecule has 0 aliphatic carbocycles. The number of amides is 2. The first-order chi connectivity index (χ1) is 9.75. The molecule has 1 N–H and O–H groups in total. The molecule has 0 bridgehead atoms. The van der Waals surface area contributed by atoms with Gasteiger partial charge in [0.15, 0.2) is 0 Å². The maximum absolute atomic E-state index is 11.8. The molecule has 1 aromatic rings. The summed E-state index contributed by atoms with van der Waals surface area (Å²) in [5.74, 6) is 0.586. The number of carbonyl (C=O) groups is 2. The van der Waals surface area contributed by atoms with Crippen LogP contribution in [0.1, 0.15) is 27.7 Å². The molecular weight excluding hydrogens is 268 g/mol. The van der Waals surface area contributed by atoms with E-state index < -0.39 is 5.41 Å². The number of hydrogen-bond acceptors (Lipinski definition) is 3. The van der Waals surface area contributed by atoms with Gasteiger partial charge in [0.2, 0.25) is 11.8 Å². The summed E-state index contributed by atoms with van der Waals surface area (Å²) in [6, 6.07) is 7.30. The second-order valence-electron chi connectivity index (χ2n) is 5.88. The number of nitrogens with one attached hydrogen (secondary N) is 1. The van der Waals surface area contributed by atoms with Crippen molar-refractivity contribution in [1.29, 1.82) is 0 Å². The van der Waals surface area contributed by atoms with Crippen LogP contribution < -0.4 is 15.0 Å². The molecule has 0 aliphatic heterocycles. The topological polar surface area (TPSA) is 58.6 Å². The minimum absolute atomic E-state index is 0.0309. The predicted octanol–water partition coefficient (Wildman–Crippen LogP) is 2.21. The Morgan fingerprint density at radius 2 is 1.95 bits per heavy atom. The molecule has 0 atom stereocenters. The van der Waals surface area contributed by atoms with Gasteiger partial charge in [0.1, 0.15) is 5.75 Å². The SMILES string of the molecule is COc1cccc(N(CCNC(=O)C(C)(C)C)C(C)=O)c1. The van der Waals surface area contributed by atoms with E-state index in [1.165, 1.54) is 6.92 Å². The van der Waals surface area contributed by atoms with E-state index in [1.54, 1.807) is 18.1 Å². The van der Waals surface area contributed by atoms with E-state index in [2.05, 4.69) is 5.32 Å². The molecule has 0 radical (unpaired) electrons. The number of ether oxygens (including phenoxy) is 1. The first-order valence-corrected chi connectivity index (χ1v) is 6.96. The van der Waals surface area contributed by atoms with E-state index in [-0.39, 0.29) is 11.8 Å². The Balaban J connectivity index is 2.71. The molecule has 2 amide bonds. The van der Waals surface area contributed by atoms with Gasteiger partial charge in [0.05, 0.1) is 7.11 Å². The van der Waals surface area contributed by atoms with Crippen molar-refractivity contribution in [2.75, 3.05) is 25.1 Å². The number of rotatable bonds is 5. The van der Waals surface area contributed by atoms with Gasteiger partial charge in [-0.1, -0.05) is 26.8 Å². The fraction of sp³-hybridized carbons (Fsp3) is 0.500. The van der Waals surface area contributed by atoms with Crippen LogP contribution in [-0.4, -0.2) is 32.0 Å². The quantitative estimate of drug-likeness (QED) is 0.905. The Morgan fingerprint density at radius 3 is 2.48 bits per heavy atom. The molecule has 0 aliphatic rings. The minimum atomic E-state index is -0.434. The second kappa shape index (κ2) is 7.11. The number of hydrogen-bond donors (Lipinski definition) is 1. The molecule has 0 saturated heterocycles. The van der Waals surface area contributed by atoms with Crippen molar-refractivity contribution in [3.63, 3.8) is 0 Å². The van der Waals surface area contributed by atoms with Crippen LogP contribution in [0.25, 0.3) is 0 Å². The van der Waals surface area contributed by atoms with Crippen molar-refractivity contribution in [1.82, 2.24) is 5.32 Å². The van der Waals surface area contributed by atoms with Crippen molar-refractivity contribution in [2.45, 2.75) is 27.7 Å². The van der Waals surface area contributed by atoms with E-state index in [0.29, 0.717) is 18.8 Å². The van der Waals surface area contributed by atoms with Crippen molar-refractivity contribution in [3.05, 3.63) is 24.3 Å². The largest absolute Gasteiger partial charge is 0.497 e. The van der Waals surface area contributed by atoms with Crippen LogP contribution in [0.15, 0.2) is 24.3 Å². The zero-order valence-corrected chi connectivity index (χ0v) is 13.4. The highest BCUT2D eigenvalue weighted by Crippen LogP contribution is 2.21. The highest BCUT2D eigenvalue weighted by Gasteiger charge is 2.21. The molecule has 1 aromatic carbocycles. The Kier molecular flexibility index (Phi) is 5.76. The van der Waals surface area contributed by atoms with Gasteiger partial charge >= 0.3 is 0 Å². The summed E-state index contributed by atoms with van der Waals surface area (Å²) in [5, 5.41) is 2.84. The Morgan fingerprint density at radius 1 is 1.29 bits per heavy atom. The molecule has 116 valence electrons. The molecule has 0 spiro atoms. The molecule has 0 saturated carbocycles. The van der Waals surface area contributed by atoms with Gasteiger partial charge in [-0.25, -0.2) is 0 Å². The van der Waals surface area contributed by atoms with Crippen LogP contribution in [0.3, 0.4) is 0 Å². The lowest BCUT2D eigenvalue weighted by Gasteiger charge is -2.23. The van der Waals surface area contributed by atoms with Gasteiger partial charge < -0.3 is 15.0 Å². The van der Waals surface area contributed by atoms with Gasteiger partial charge in [0.25, 0.3) is 0 Å². The van der Waals surface area contributed by atoms with E-state index >= 15 is 0 Å². The van der Waals surface area contributed by atoms with E-state index in [0.717, 1.165) is 5.69 Å². The summed E-state index contributed by atoms with van der Waals surface area (Å²) >= 11 is 0. The smallest absolute Gasteiger partial charge is 0.225 e. The van der Waals surface area contributed by atoms with E-state index in [4.69, 9.17) is 4.74 Å². The molecule has 0 heterocycles. The summed E-state index contributed by atoms with van der Waals surface area (Å²) in [5.41, 5.74) is 0.323. The lowest BCUT2D eigenvalue weighted by Crippen LogP contribution is -2.41. The Labute approximate surface area is 126 Å². The van der Waals surface area contributed by atoms with Crippen LogP contribution in [0, 0.1) is 5.41 Å².